The minimum atomic E-state index is 0.612. The van der Waals surface area contributed by atoms with Gasteiger partial charge in [0, 0.05) is 5.56 Å². The van der Waals surface area contributed by atoms with E-state index in [4.69, 9.17) is 23.8 Å². The summed E-state index contributed by atoms with van der Waals surface area (Å²) in [5.74, 6) is 0. The highest BCUT2D eigenvalue weighted by Crippen LogP contribution is 2.24. The molecule has 2 rings (SSSR count). The van der Waals surface area contributed by atoms with E-state index < -0.39 is 0 Å². The van der Waals surface area contributed by atoms with E-state index in [9.17, 15) is 0 Å². The van der Waals surface area contributed by atoms with E-state index in [0.717, 1.165) is 11.3 Å². The Bertz CT molecular complexity index is 487. The molecule has 1 aromatic heterocycles. The van der Waals surface area contributed by atoms with Crippen LogP contribution in [0.2, 0.25) is 5.02 Å². The molecule has 0 bridgehead atoms. The van der Waals surface area contributed by atoms with Gasteiger partial charge in [-0.05, 0) is 18.2 Å². The Labute approximate surface area is 91.6 Å². The lowest BCUT2D eigenvalue weighted by Crippen LogP contribution is -1.87. The molecular formula is C10H7ClN2S. The van der Waals surface area contributed by atoms with E-state index in [-0.39, 0.29) is 0 Å². The van der Waals surface area contributed by atoms with Crippen LogP contribution in [0.3, 0.4) is 0 Å². The van der Waals surface area contributed by atoms with Crippen LogP contribution in [-0.4, -0.2) is 10.2 Å². The van der Waals surface area contributed by atoms with Gasteiger partial charge in [-0.3, -0.25) is 5.10 Å². The smallest absolute Gasteiger partial charge is 0.119 e. The summed E-state index contributed by atoms with van der Waals surface area (Å²) >= 11 is 10.9. The molecule has 0 unspecified atom stereocenters. The van der Waals surface area contributed by atoms with Crippen LogP contribution in [0, 0.1) is 4.64 Å². The number of nitrogens with zero attached hydrogens (tertiary/aromatic N) is 1. The number of hydrogen-bond donors (Lipinski definition) is 1. The first-order valence-electron chi connectivity index (χ1n) is 4.08. The predicted molar refractivity (Wildman–Crippen MR) is 59.9 cm³/mol. The van der Waals surface area contributed by atoms with Gasteiger partial charge in [0.15, 0.2) is 0 Å². The average Bonchev–Trinajstić information content (AvgIpc) is 2.20. The van der Waals surface area contributed by atoms with Crippen molar-refractivity contribution in [3.63, 3.8) is 0 Å². The lowest BCUT2D eigenvalue weighted by molar-refractivity contribution is 1.02. The van der Waals surface area contributed by atoms with Crippen molar-refractivity contribution in [2.75, 3.05) is 0 Å². The van der Waals surface area contributed by atoms with Crippen molar-refractivity contribution in [2.45, 2.75) is 0 Å². The van der Waals surface area contributed by atoms with E-state index >= 15 is 0 Å². The number of aromatic amines is 1. The molecule has 14 heavy (non-hydrogen) atoms. The van der Waals surface area contributed by atoms with Gasteiger partial charge in [0.25, 0.3) is 0 Å². The second-order valence-electron chi connectivity index (χ2n) is 2.79. The van der Waals surface area contributed by atoms with Crippen LogP contribution in [-0.2, 0) is 0 Å². The monoisotopic (exact) mass is 222 g/mol. The van der Waals surface area contributed by atoms with Gasteiger partial charge in [-0.15, -0.1) is 0 Å². The zero-order chi connectivity index (χ0) is 9.97. The lowest BCUT2D eigenvalue weighted by Gasteiger charge is -2.01. The SMILES string of the molecule is S=c1ccc(-c2ccccc2Cl)n[nH]1. The van der Waals surface area contributed by atoms with Gasteiger partial charge >= 0.3 is 0 Å². The highest BCUT2D eigenvalue weighted by atomic mass is 35.5. The van der Waals surface area contributed by atoms with Crippen molar-refractivity contribution in [3.05, 3.63) is 46.1 Å². The van der Waals surface area contributed by atoms with E-state index in [0.29, 0.717) is 9.66 Å². The summed E-state index contributed by atoms with van der Waals surface area (Å²) in [5.41, 5.74) is 1.70. The molecule has 70 valence electrons. The molecule has 0 radical (unpaired) electrons. The van der Waals surface area contributed by atoms with Crippen molar-refractivity contribution < 1.29 is 0 Å². The molecule has 4 heteroatoms. The number of rotatable bonds is 1. The van der Waals surface area contributed by atoms with Gasteiger partial charge in [0.1, 0.15) is 4.64 Å². The first kappa shape index (κ1) is 9.37. The summed E-state index contributed by atoms with van der Waals surface area (Å²) < 4.78 is 0.612. The van der Waals surface area contributed by atoms with Crippen molar-refractivity contribution in [1.82, 2.24) is 10.2 Å². The summed E-state index contributed by atoms with van der Waals surface area (Å²) in [5, 5.41) is 7.51. The number of hydrogen-bond acceptors (Lipinski definition) is 2. The summed E-state index contributed by atoms with van der Waals surface area (Å²) in [6.07, 6.45) is 0. The first-order valence-corrected chi connectivity index (χ1v) is 4.86. The summed E-state index contributed by atoms with van der Waals surface area (Å²) in [6.45, 7) is 0. The Balaban J connectivity index is 2.55. The third-order valence-corrected chi connectivity index (χ3v) is 2.39. The Morgan fingerprint density at radius 1 is 1.14 bits per heavy atom. The summed E-state index contributed by atoms with van der Waals surface area (Å²) in [4.78, 5) is 0. The van der Waals surface area contributed by atoms with E-state index in [2.05, 4.69) is 10.2 Å². The molecule has 0 aliphatic carbocycles. The number of halogens is 1. The second-order valence-corrected chi connectivity index (χ2v) is 3.63. The molecule has 1 aromatic carbocycles. The van der Waals surface area contributed by atoms with Crippen molar-refractivity contribution >= 4 is 23.8 Å². The third kappa shape index (κ3) is 1.84. The molecule has 0 saturated heterocycles. The van der Waals surface area contributed by atoms with Crippen molar-refractivity contribution in [2.24, 2.45) is 0 Å². The molecule has 0 fully saturated rings. The number of nitrogens with one attached hydrogen (secondary N) is 1. The van der Waals surface area contributed by atoms with E-state index in [1.807, 2.05) is 30.3 Å². The summed E-state index contributed by atoms with van der Waals surface area (Å²) in [6, 6.07) is 11.2. The van der Waals surface area contributed by atoms with Crippen LogP contribution in [0.15, 0.2) is 36.4 Å². The Hall–Kier alpha value is -1.19. The Kier molecular flexibility index (Phi) is 2.61. The molecule has 2 nitrogen and oxygen atoms in total. The predicted octanol–water partition coefficient (Wildman–Crippen LogP) is 3.46. The molecule has 2 aromatic rings. The highest BCUT2D eigenvalue weighted by Gasteiger charge is 2.02. The van der Waals surface area contributed by atoms with Crippen molar-refractivity contribution in [3.8, 4) is 11.3 Å². The maximum absolute atomic E-state index is 6.02. The van der Waals surface area contributed by atoms with Gasteiger partial charge in [0.05, 0.1) is 10.7 Å². The third-order valence-electron chi connectivity index (χ3n) is 1.83. The van der Waals surface area contributed by atoms with Gasteiger partial charge in [-0.2, -0.15) is 5.10 Å². The van der Waals surface area contributed by atoms with E-state index in [1.54, 1.807) is 6.07 Å². The molecule has 0 amide bonds. The maximum Gasteiger partial charge on any atom is 0.119 e. The fourth-order valence-electron chi connectivity index (χ4n) is 1.16. The number of aromatic nitrogens is 2. The zero-order valence-electron chi connectivity index (χ0n) is 7.20. The minimum absolute atomic E-state index is 0.612. The Morgan fingerprint density at radius 3 is 2.57 bits per heavy atom. The van der Waals surface area contributed by atoms with Crippen LogP contribution in [0.1, 0.15) is 0 Å². The van der Waals surface area contributed by atoms with Gasteiger partial charge < -0.3 is 0 Å². The number of benzene rings is 1. The molecule has 0 aliphatic rings. The lowest BCUT2D eigenvalue weighted by atomic mass is 10.1. The fraction of sp³-hybridized carbons (Fsp3) is 0. The molecule has 0 saturated carbocycles. The summed E-state index contributed by atoms with van der Waals surface area (Å²) in [7, 11) is 0. The standard InChI is InChI=1S/C10H7ClN2S/c11-8-4-2-1-3-7(8)9-5-6-10(14)13-12-9/h1-6H,(H,13,14). The first-order chi connectivity index (χ1) is 6.77. The quantitative estimate of drug-likeness (QED) is 0.749. The second kappa shape index (κ2) is 3.90. The molecule has 0 aliphatic heterocycles. The van der Waals surface area contributed by atoms with Gasteiger partial charge in [0.2, 0.25) is 0 Å². The molecule has 1 heterocycles. The van der Waals surface area contributed by atoms with Crippen LogP contribution < -0.4 is 0 Å². The molecule has 0 atom stereocenters. The Morgan fingerprint density at radius 2 is 1.93 bits per heavy atom. The largest absolute Gasteiger partial charge is 0.267 e. The zero-order valence-corrected chi connectivity index (χ0v) is 8.77. The normalized spacial score (nSPS) is 10.1. The van der Waals surface area contributed by atoms with Crippen LogP contribution in [0.5, 0.6) is 0 Å². The minimum Gasteiger partial charge on any atom is -0.267 e. The van der Waals surface area contributed by atoms with Gasteiger partial charge in [-0.25, -0.2) is 0 Å². The highest BCUT2D eigenvalue weighted by molar-refractivity contribution is 7.71. The molecular weight excluding hydrogens is 216 g/mol. The average molecular weight is 223 g/mol. The van der Waals surface area contributed by atoms with Crippen LogP contribution in [0.4, 0.5) is 0 Å². The van der Waals surface area contributed by atoms with Gasteiger partial charge in [-0.1, -0.05) is 42.0 Å². The maximum atomic E-state index is 6.02. The molecule has 0 spiro atoms. The van der Waals surface area contributed by atoms with Crippen LogP contribution in [0.25, 0.3) is 11.3 Å². The van der Waals surface area contributed by atoms with Crippen molar-refractivity contribution in [1.29, 1.82) is 0 Å². The molecule has 1 N–H and O–H groups in total. The fourth-order valence-corrected chi connectivity index (χ4v) is 1.51. The number of H-pyrrole nitrogens is 1. The van der Waals surface area contributed by atoms with Crippen LogP contribution >= 0.6 is 23.8 Å². The topological polar surface area (TPSA) is 28.7 Å². The van der Waals surface area contributed by atoms with E-state index in [1.165, 1.54) is 0 Å².